The minimum absolute atomic E-state index is 0.108. The zero-order chi connectivity index (χ0) is 28.9. The van der Waals surface area contributed by atoms with Crippen LogP contribution < -0.4 is 4.74 Å². The fraction of sp³-hybridized carbons (Fsp3) is 0.257. The lowest BCUT2D eigenvalue weighted by Crippen LogP contribution is -2.39. The van der Waals surface area contributed by atoms with E-state index in [2.05, 4.69) is 54.0 Å². The maximum Gasteiger partial charge on any atom is 0.255 e. The van der Waals surface area contributed by atoms with Gasteiger partial charge < -0.3 is 14.2 Å². The highest BCUT2D eigenvalue weighted by atomic mass is 35.5. The Morgan fingerprint density at radius 1 is 0.952 bits per heavy atom. The van der Waals surface area contributed by atoms with Crippen LogP contribution in [0.5, 0.6) is 5.75 Å². The lowest BCUT2D eigenvalue weighted by molar-refractivity contribution is 0.0689. The van der Waals surface area contributed by atoms with E-state index in [0.29, 0.717) is 29.8 Å². The van der Waals surface area contributed by atoms with Gasteiger partial charge in [-0.2, -0.15) is 0 Å². The van der Waals surface area contributed by atoms with Crippen LogP contribution >= 0.6 is 22.9 Å². The van der Waals surface area contributed by atoms with E-state index in [1.54, 1.807) is 11.3 Å². The van der Waals surface area contributed by atoms with Crippen molar-refractivity contribution in [1.29, 1.82) is 0 Å². The molecule has 0 atom stereocenters. The quantitative estimate of drug-likeness (QED) is 0.172. The van der Waals surface area contributed by atoms with Crippen LogP contribution in [0.2, 0.25) is 5.02 Å². The number of nitrogens with zero attached hydrogens (tertiary/aromatic N) is 3. The number of aromatic nitrogens is 2. The minimum atomic E-state index is 0.108. The van der Waals surface area contributed by atoms with Gasteiger partial charge in [0.05, 0.1) is 22.0 Å². The Morgan fingerprint density at radius 2 is 1.62 bits per heavy atom. The topological polar surface area (TPSA) is 47.4 Å². The largest absolute Gasteiger partial charge is 0.485 e. The number of para-hydroxylation sites is 1. The molecular formula is C35H34ClN3O2S. The molecule has 0 bridgehead atoms. The van der Waals surface area contributed by atoms with Crippen molar-refractivity contribution in [3.8, 4) is 17.1 Å². The molecule has 3 heterocycles. The first-order valence-electron chi connectivity index (χ1n) is 14.4. The number of piperidine rings is 1. The van der Waals surface area contributed by atoms with Crippen LogP contribution in [0, 0.1) is 12.8 Å². The third kappa shape index (κ3) is 6.45. The SMILES string of the molecule is Cc1c(C(=O)N2CCC(Cc3ccccc3)CC2)cc(-c2csc(COc3ccccc3Cl)n2)n1Cc1ccccc1. The molecule has 7 heteroatoms. The molecule has 0 radical (unpaired) electrons. The van der Waals surface area contributed by atoms with Gasteiger partial charge in [0.25, 0.3) is 5.91 Å². The van der Waals surface area contributed by atoms with E-state index in [4.69, 9.17) is 21.3 Å². The number of carbonyl (C=O) groups excluding carboxylic acids is 1. The Morgan fingerprint density at radius 3 is 2.33 bits per heavy atom. The van der Waals surface area contributed by atoms with E-state index in [0.717, 1.165) is 60.0 Å². The lowest BCUT2D eigenvalue weighted by Gasteiger charge is -2.32. The zero-order valence-electron chi connectivity index (χ0n) is 23.7. The van der Waals surface area contributed by atoms with Crippen LogP contribution in [0.15, 0.2) is 96.4 Å². The monoisotopic (exact) mass is 595 g/mol. The molecule has 1 aliphatic rings. The summed E-state index contributed by atoms with van der Waals surface area (Å²) < 4.78 is 8.16. The smallest absolute Gasteiger partial charge is 0.255 e. The van der Waals surface area contributed by atoms with Crippen molar-refractivity contribution in [3.05, 3.63) is 129 Å². The van der Waals surface area contributed by atoms with Crippen LogP contribution in [0.25, 0.3) is 11.4 Å². The molecule has 1 fully saturated rings. The average molecular weight is 596 g/mol. The first-order valence-corrected chi connectivity index (χ1v) is 15.7. The van der Waals surface area contributed by atoms with Crippen molar-refractivity contribution in [3.63, 3.8) is 0 Å². The maximum atomic E-state index is 13.9. The molecule has 0 saturated carbocycles. The summed E-state index contributed by atoms with van der Waals surface area (Å²) in [7, 11) is 0. The van der Waals surface area contributed by atoms with Gasteiger partial charge in [0.1, 0.15) is 17.4 Å². The minimum Gasteiger partial charge on any atom is -0.485 e. The van der Waals surface area contributed by atoms with Gasteiger partial charge >= 0.3 is 0 Å². The number of carbonyl (C=O) groups is 1. The molecule has 0 unspecified atom stereocenters. The fourth-order valence-corrected chi connectivity index (χ4v) is 6.59. The normalized spacial score (nSPS) is 13.8. The predicted molar refractivity (Wildman–Crippen MR) is 170 cm³/mol. The summed E-state index contributed by atoms with van der Waals surface area (Å²) in [5.41, 5.74) is 6.06. The summed E-state index contributed by atoms with van der Waals surface area (Å²) in [6.45, 7) is 4.62. The van der Waals surface area contributed by atoms with Crippen molar-refractivity contribution >= 4 is 28.8 Å². The van der Waals surface area contributed by atoms with E-state index in [1.165, 1.54) is 11.1 Å². The van der Waals surface area contributed by atoms with Gasteiger partial charge in [-0.05, 0) is 61.4 Å². The molecule has 3 aromatic carbocycles. The fourth-order valence-electron chi connectivity index (χ4n) is 5.70. The molecule has 6 rings (SSSR count). The Labute approximate surface area is 256 Å². The molecule has 1 amide bonds. The second-order valence-corrected chi connectivity index (χ2v) is 12.2. The third-order valence-corrected chi connectivity index (χ3v) is 9.19. The number of halogens is 1. The number of ether oxygens (including phenoxy) is 1. The Hall–Kier alpha value is -3.87. The number of rotatable bonds is 9. The van der Waals surface area contributed by atoms with Crippen LogP contribution in [0.1, 0.15) is 45.0 Å². The summed E-state index contributed by atoms with van der Waals surface area (Å²) in [6, 6.07) is 30.5. The molecule has 0 aliphatic carbocycles. The summed E-state index contributed by atoms with van der Waals surface area (Å²) in [5.74, 6) is 1.35. The molecule has 0 spiro atoms. The van der Waals surface area contributed by atoms with Gasteiger partial charge in [0, 0.05) is 30.7 Å². The second kappa shape index (κ2) is 13.0. The summed E-state index contributed by atoms with van der Waals surface area (Å²) in [4.78, 5) is 20.8. The van der Waals surface area contributed by atoms with Gasteiger partial charge in [0.2, 0.25) is 0 Å². The van der Waals surface area contributed by atoms with Gasteiger partial charge in [-0.3, -0.25) is 4.79 Å². The lowest BCUT2D eigenvalue weighted by atomic mass is 9.90. The Balaban J connectivity index is 1.21. The number of hydrogen-bond acceptors (Lipinski definition) is 4. The highest BCUT2D eigenvalue weighted by Gasteiger charge is 2.27. The summed E-state index contributed by atoms with van der Waals surface area (Å²) >= 11 is 7.82. The molecule has 2 aromatic heterocycles. The van der Waals surface area contributed by atoms with Crippen LogP contribution in [0.4, 0.5) is 0 Å². The van der Waals surface area contributed by atoms with Gasteiger partial charge in [0.15, 0.2) is 0 Å². The Kier molecular flexibility index (Phi) is 8.73. The zero-order valence-corrected chi connectivity index (χ0v) is 25.3. The molecule has 42 heavy (non-hydrogen) atoms. The van der Waals surface area contributed by atoms with Crippen molar-refractivity contribution in [2.45, 2.75) is 39.3 Å². The third-order valence-electron chi connectivity index (χ3n) is 8.05. The van der Waals surface area contributed by atoms with Crippen molar-refractivity contribution in [1.82, 2.24) is 14.5 Å². The molecule has 214 valence electrons. The number of benzene rings is 3. The van der Waals surface area contributed by atoms with Crippen molar-refractivity contribution in [2.75, 3.05) is 13.1 Å². The molecular weight excluding hydrogens is 562 g/mol. The van der Waals surface area contributed by atoms with E-state index >= 15 is 0 Å². The molecule has 5 nitrogen and oxygen atoms in total. The highest BCUT2D eigenvalue weighted by molar-refractivity contribution is 7.09. The van der Waals surface area contributed by atoms with E-state index in [9.17, 15) is 4.79 Å². The number of amides is 1. The summed E-state index contributed by atoms with van der Waals surface area (Å²) in [5, 5.41) is 3.47. The van der Waals surface area contributed by atoms with Gasteiger partial charge in [-0.25, -0.2) is 4.98 Å². The number of hydrogen-bond donors (Lipinski definition) is 0. The molecule has 0 N–H and O–H groups in total. The molecule has 5 aromatic rings. The van der Waals surface area contributed by atoms with E-state index in [-0.39, 0.29) is 5.91 Å². The van der Waals surface area contributed by atoms with Gasteiger partial charge in [-0.15, -0.1) is 11.3 Å². The standard InChI is InChI=1S/C35H34ClN3O2S/c1-25-29(35(40)38-18-16-27(17-19-38)20-26-10-4-2-5-11-26)21-32(39(25)22-28-12-6-3-7-13-28)31-24-42-34(37-31)23-41-33-15-9-8-14-30(33)36/h2-15,21,24,27H,16-20,22-23H2,1H3. The average Bonchev–Trinajstić information content (AvgIpc) is 3.62. The van der Waals surface area contributed by atoms with Crippen LogP contribution in [0.3, 0.4) is 0 Å². The first-order chi connectivity index (χ1) is 20.5. The molecule has 1 aliphatic heterocycles. The van der Waals surface area contributed by atoms with Gasteiger partial charge in [-0.1, -0.05) is 84.4 Å². The summed E-state index contributed by atoms with van der Waals surface area (Å²) in [6.07, 6.45) is 3.13. The molecule has 1 saturated heterocycles. The maximum absolute atomic E-state index is 13.9. The van der Waals surface area contributed by atoms with E-state index < -0.39 is 0 Å². The predicted octanol–water partition coefficient (Wildman–Crippen LogP) is 8.30. The van der Waals surface area contributed by atoms with E-state index in [1.807, 2.05) is 58.8 Å². The van der Waals surface area contributed by atoms with Crippen molar-refractivity contribution < 1.29 is 9.53 Å². The first kappa shape index (κ1) is 28.3. The Bertz CT molecular complexity index is 1640. The second-order valence-electron chi connectivity index (χ2n) is 10.9. The number of likely N-dealkylation sites (tertiary alicyclic amines) is 1. The van der Waals surface area contributed by atoms with Crippen molar-refractivity contribution in [2.24, 2.45) is 5.92 Å². The highest BCUT2D eigenvalue weighted by Crippen LogP contribution is 2.31. The van der Waals surface area contributed by atoms with Crippen LogP contribution in [-0.4, -0.2) is 33.4 Å². The number of thiazole rings is 1. The van der Waals surface area contributed by atoms with Crippen LogP contribution in [-0.2, 0) is 19.6 Å².